The molecule has 1 N–H and O–H groups in total. The van der Waals surface area contributed by atoms with E-state index in [1.54, 1.807) is 36.4 Å². The van der Waals surface area contributed by atoms with Crippen LogP contribution in [0.5, 0.6) is 0 Å². The van der Waals surface area contributed by atoms with E-state index >= 15 is 0 Å². The van der Waals surface area contributed by atoms with Gasteiger partial charge >= 0.3 is 5.91 Å². The molecule has 7 heteroatoms. The maximum absolute atomic E-state index is 14.1. The number of thiazole rings is 1. The number of halogens is 1. The molecular formula is C24H15FN2O3S. The van der Waals surface area contributed by atoms with Gasteiger partial charge < -0.3 is 5.11 Å². The van der Waals surface area contributed by atoms with Gasteiger partial charge in [0.2, 0.25) is 0 Å². The standard InChI is InChI=1S/C24H15FN2O3S/c25-16-10-6-9-15(13-16)20-19(21(28)14-7-2-1-3-8-14)22(29)23(30)27(20)24-26-17-11-4-5-12-18(17)31-24/h1-13,20,28H/b21-19-. The van der Waals surface area contributed by atoms with Crippen LogP contribution in [0.25, 0.3) is 16.0 Å². The fourth-order valence-electron chi connectivity index (χ4n) is 3.74. The van der Waals surface area contributed by atoms with Crippen molar-refractivity contribution in [3.05, 3.63) is 101 Å². The number of hydrogen-bond donors (Lipinski definition) is 1. The van der Waals surface area contributed by atoms with Crippen molar-refractivity contribution in [2.75, 3.05) is 4.90 Å². The second-order valence-corrected chi connectivity index (χ2v) is 8.06. The summed E-state index contributed by atoms with van der Waals surface area (Å²) in [5.74, 6) is -2.47. The number of Topliss-reactive ketones (excluding diaryl/α,β-unsaturated/α-hetero) is 1. The molecule has 1 fully saturated rings. The number of anilines is 1. The number of ketones is 1. The zero-order chi connectivity index (χ0) is 21.5. The highest BCUT2D eigenvalue weighted by atomic mass is 32.1. The Morgan fingerprint density at radius 1 is 0.968 bits per heavy atom. The highest BCUT2D eigenvalue weighted by Gasteiger charge is 2.48. The average Bonchev–Trinajstić information content (AvgIpc) is 3.32. The number of carbonyl (C=O) groups excluding carboxylic acids is 2. The van der Waals surface area contributed by atoms with E-state index in [-0.39, 0.29) is 11.3 Å². The minimum atomic E-state index is -1.00. The average molecular weight is 430 g/mol. The van der Waals surface area contributed by atoms with Crippen molar-refractivity contribution in [1.82, 2.24) is 4.98 Å². The molecule has 1 aromatic heterocycles. The van der Waals surface area contributed by atoms with Gasteiger partial charge in [0.1, 0.15) is 11.6 Å². The number of rotatable bonds is 3. The molecule has 2 heterocycles. The number of para-hydroxylation sites is 1. The van der Waals surface area contributed by atoms with E-state index < -0.39 is 23.5 Å². The Labute approximate surface area is 180 Å². The Balaban J connectivity index is 1.75. The first-order chi connectivity index (χ1) is 15.0. The lowest BCUT2D eigenvalue weighted by molar-refractivity contribution is -0.132. The molecule has 0 aliphatic carbocycles. The van der Waals surface area contributed by atoms with E-state index in [2.05, 4.69) is 4.98 Å². The number of carbonyl (C=O) groups is 2. The van der Waals surface area contributed by atoms with E-state index in [1.807, 2.05) is 24.3 Å². The van der Waals surface area contributed by atoms with Crippen LogP contribution in [0.4, 0.5) is 9.52 Å². The number of fused-ring (bicyclic) bond motifs is 1. The quantitative estimate of drug-likeness (QED) is 0.280. The third-order valence-corrected chi connectivity index (χ3v) is 6.18. The van der Waals surface area contributed by atoms with E-state index in [1.165, 1.54) is 34.4 Å². The normalized spacial score (nSPS) is 18.1. The first-order valence-corrected chi connectivity index (χ1v) is 10.3. The van der Waals surface area contributed by atoms with Crippen LogP contribution in [0, 0.1) is 5.82 Å². The van der Waals surface area contributed by atoms with Crippen molar-refractivity contribution in [3.63, 3.8) is 0 Å². The van der Waals surface area contributed by atoms with Crippen molar-refractivity contribution >= 4 is 44.1 Å². The molecule has 5 rings (SSSR count). The van der Waals surface area contributed by atoms with Gasteiger partial charge in [0.15, 0.2) is 5.13 Å². The van der Waals surface area contributed by atoms with Crippen LogP contribution in [0.3, 0.4) is 0 Å². The van der Waals surface area contributed by atoms with Crippen molar-refractivity contribution in [1.29, 1.82) is 0 Å². The number of aromatic nitrogens is 1. The lowest BCUT2D eigenvalue weighted by Gasteiger charge is -2.23. The summed E-state index contributed by atoms with van der Waals surface area (Å²) in [7, 11) is 0. The van der Waals surface area contributed by atoms with Crippen molar-refractivity contribution < 1.29 is 19.1 Å². The van der Waals surface area contributed by atoms with Crippen LogP contribution < -0.4 is 4.90 Å². The lowest BCUT2D eigenvalue weighted by atomic mass is 9.95. The van der Waals surface area contributed by atoms with Crippen molar-refractivity contribution in [3.8, 4) is 0 Å². The summed E-state index contributed by atoms with van der Waals surface area (Å²) in [4.78, 5) is 31.9. The molecular weight excluding hydrogens is 415 g/mol. The van der Waals surface area contributed by atoms with Crippen molar-refractivity contribution in [2.24, 2.45) is 0 Å². The Kier molecular flexibility index (Phi) is 4.60. The molecule has 0 spiro atoms. The Morgan fingerprint density at radius 2 is 1.71 bits per heavy atom. The van der Waals surface area contributed by atoms with Crippen LogP contribution >= 0.6 is 11.3 Å². The van der Waals surface area contributed by atoms with Crippen molar-refractivity contribution in [2.45, 2.75) is 6.04 Å². The number of hydrogen-bond acceptors (Lipinski definition) is 5. The topological polar surface area (TPSA) is 70.5 Å². The predicted molar refractivity (Wildman–Crippen MR) is 117 cm³/mol. The summed E-state index contributed by atoms with van der Waals surface area (Å²) in [5, 5.41) is 11.3. The summed E-state index contributed by atoms with van der Waals surface area (Å²) in [6.45, 7) is 0. The van der Waals surface area contributed by atoms with Gasteiger partial charge in [-0.15, -0.1) is 0 Å². The van der Waals surface area contributed by atoms with Crippen LogP contribution in [-0.2, 0) is 9.59 Å². The zero-order valence-electron chi connectivity index (χ0n) is 16.0. The molecule has 1 atom stereocenters. The Hall–Kier alpha value is -3.84. The van der Waals surface area contributed by atoms with E-state index in [0.29, 0.717) is 21.8 Å². The van der Waals surface area contributed by atoms with Gasteiger partial charge in [-0.2, -0.15) is 0 Å². The first-order valence-electron chi connectivity index (χ1n) is 9.52. The molecule has 1 aliphatic heterocycles. The lowest BCUT2D eigenvalue weighted by Crippen LogP contribution is -2.29. The summed E-state index contributed by atoms with van der Waals surface area (Å²) >= 11 is 1.26. The van der Waals surface area contributed by atoms with E-state index in [0.717, 1.165) is 4.70 Å². The molecule has 31 heavy (non-hydrogen) atoms. The van der Waals surface area contributed by atoms with Crippen LogP contribution in [0.2, 0.25) is 0 Å². The second-order valence-electron chi connectivity index (χ2n) is 7.05. The van der Waals surface area contributed by atoms with Crippen LogP contribution in [-0.4, -0.2) is 21.8 Å². The third kappa shape index (κ3) is 3.19. The number of aliphatic hydroxyl groups is 1. The SMILES string of the molecule is O=C1C(=O)N(c2nc3ccccc3s2)C(c2cccc(F)c2)/C1=C(/O)c1ccccc1. The van der Waals surface area contributed by atoms with Gasteiger partial charge in [0.25, 0.3) is 5.78 Å². The second kappa shape index (κ2) is 7.45. The number of benzene rings is 3. The van der Waals surface area contributed by atoms with Gasteiger partial charge in [-0.1, -0.05) is 65.9 Å². The molecule has 1 amide bonds. The van der Waals surface area contributed by atoms with Gasteiger partial charge in [0, 0.05) is 5.56 Å². The summed E-state index contributed by atoms with van der Waals surface area (Å²) in [5.41, 5.74) is 1.36. The highest BCUT2D eigenvalue weighted by molar-refractivity contribution is 7.22. The van der Waals surface area contributed by atoms with Gasteiger partial charge in [-0.05, 0) is 29.8 Å². The Morgan fingerprint density at radius 3 is 2.45 bits per heavy atom. The van der Waals surface area contributed by atoms with Gasteiger partial charge in [-0.3, -0.25) is 14.5 Å². The number of amides is 1. The molecule has 0 saturated carbocycles. The molecule has 0 bridgehead atoms. The molecule has 3 aromatic carbocycles. The smallest absolute Gasteiger partial charge is 0.301 e. The fraction of sp³-hybridized carbons (Fsp3) is 0.0417. The third-order valence-electron chi connectivity index (χ3n) is 5.14. The zero-order valence-corrected chi connectivity index (χ0v) is 16.8. The molecule has 1 aliphatic rings. The fourth-order valence-corrected chi connectivity index (χ4v) is 4.73. The molecule has 1 saturated heterocycles. The molecule has 5 nitrogen and oxygen atoms in total. The van der Waals surface area contributed by atoms with Gasteiger partial charge in [-0.25, -0.2) is 9.37 Å². The molecule has 1 unspecified atom stereocenters. The number of nitrogens with zero attached hydrogens (tertiary/aromatic N) is 2. The molecule has 152 valence electrons. The van der Waals surface area contributed by atoms with E-state index in [4.69, 9.17) is 0 Å². The highest BCUT2D eigenvalue weighted by Crippen LogP contribution is 2.44. The van der Waals surface area contributed by atoms with Crippen LogP contribution in [0.1, 0.15) is 17.2 Å². The van der Waals surface area contributed by atoms with Crippen LogP contribution in [0.15, 0.2) is 84.4 Å². The molecule has 4 aromatic rings. The van der Waals surface area contributed by atoms with E-state index in [9.17, 15) is 19.1 Å². The Bertz CT molecular complexity index is 1330. The largest absolute Gasteiger partial charge is 0.507 e. The maximum atomic E-state index is 14.1. The minimum absolute atomic E-state index is 0.0962. The summed E-state index contributed by atoms with van der Waals surface area (Å²) in [6, 6.07) is 20.5. The summed E-state index contributed by atoms with van der Waals surface area (Å²) < 4.78 is 14.9. The molecule has 0 radical (unpaired) electrons. The summed E-state index contributed by atoms with van der Waals surface area (Å²) in [6.07, 6.45) is 0. The monoisotopic (exact) mass is 430 g/mol. The van der Waals surface area contributed by atoms with Gasteiger partial charge in [0.05, 0.1) is 21.8 Å². The minimum Gasteiger partial charge on any atom is -0.507 e. The maximum Gasteiger partial charge on any atom is 0.301 e. The first kappa shape index (κ1) is 19.1. The predicted octanol–water partition coefficient (Wildman–Crippen LogP) is 5.06. The number of aliphatic hydroxyl groups excluding tert-OH is 1.